The summed E-state index contributed by atoms with van der Waals surface area (Å²) < 4.78 is 17.0. The molecule has 2 aliphatic heterocycles. The summed E-state index contributed by atoms with van der Waals surface area (Å²) in [5.41, 5.74) is -0.814. The highest BCUT2D eigenvalue weighted by molar-refractivity contribution is 5.19. The van der Waals surface area contributed by atoms with Gasteiger partial charge in [-0.2, -0.15) is 0 Å². The van der Waals surface area contributed by atoms with Gasteiger partial charge in [-0.1, -0.05) is 5.92 Å². The Morgan fingerprint density at radius 3 is 2.47 bits per heavy atom. The van der Waals surface area contributed by atoms with Crippen LogP contribution in [0.25, 0.3) is 0 Å². The van der Waals surface area contributed by atoms with Crippen LogP contribution in [0.1, 0.15) is 20.8 Å². The molecule has 0 bridgehead atoms. The minimum Gasteiger partial charge on any atom is -0.394 e. The van der Waals surface area contributed by atoms with Crippen molar-refractivity contribution in [3.05, 3.63) is 0 Å². The molecular formula is C11H16O4. The van der Waals surface area contributed by atoms with E-state index < -0.39 is 17.5 Å². The highest BCUT2D eigenvalue weighted by atomic mass is 16.8. The molecule has 2 heterocycles. The van der Waals surface area contributed by atoms with Gasteiger partial charge in [-0.15, -0.1) is 6.42 Å². The SMILES string of the molecule is C#C[C@@]1(C)O[C@H](CO)[C@@H]2OC(C)(C)OC21. The first-order chi connectivity index (χ1) is 6.92. The molecule has 0 aromatic rings. The molecule has 2 rings (SSSR count). The van der Waals surface area contributed by atoms with Crippen molar-refractivity contribution >= 4 is 0 Å². The zero-order valence-corrected chi connectivity index (χ0v) is 9.19. The van der Waals surface area contributed by atoms with Gasteiger partial charge < -0.3 is 19.3 Å². The fourth-order valence-electron chi connectivity index (χ4n) is 2.19. The van der Waals surface area contributed by atoms with Crippen molar-refractivity contribution in [1.29, 1.82) is 0 Å². The molecule has 0 spiro atoms. The minimum atomic E-state index is -0.814. The predicted octanol–water partition coefficient (Wildman–Crippen LogP) is 0.289. The largest absolute Gasteiger partial charge is 0.394 e. The lowest BCUT2D eigenvalue weighted by atomic mass is 9.98. The second-order valence-electron chi connectivity index (χ2n) is 4.61. The van der Waals surface area contributed by atoms with Crippen molar-refractivity contribution in [2.24, 2.45) is 0 Å². The normalized spacial score (nSPS) is 47.5. The van der Waals surface area contributed by atoms with E-state index in [-0.39, 0.29) is 18.8 Å². The number of hydrogen-bond donors (Lipinski definition) is 1. The maximum Gasteiger partial charge on any atom is 0.164 e. The van der Waals surface area contributed by atoms with E-state index in [2.05, 4.69) is 5.92 Å². The summed E-state index contributed by atoms with van der Waals surface area (Å²) in [7, 11) is 0. The number of aliphatic hydroxyl groups is 1. The highest BCUT2D eigenvalue weighted by Crippen LogP contribution is 2.43. The molecular weight excluding hydrogens is 196 g/mol. The van der Waals surface area contributed by atoms with Crippen molar-refractivity contribution in [2.75, 3.05) is 6.61 Å². The van der Waals surface area contributed by atoms with E-state index >= 15 is 0 Å². The average Bonchev–Trinajstić information content (AvgIpc) is 2.61. The lowest BCUT2D eigenvalue weighted by Gasteiger charge is -2.26. The summed E-state index contributed by atoms with van der Waals surface area (Å²) in [5.74, 6) is 1.91. The Kier molecular flexibility index (Phi) is 2.32. The molecule has 4 nitrogen and oxygen atoms in total. The van der Waals surface area contributed by atoms with Crippen molar-refractivity contribution in [3.63, 3.8) is 0 Å². The molecule has 2 saturated heterocycles. The van der Waals surface area contributed by atoms with Crippen LogP contribution in [0.15, 0.2) is 0 Å². The van der Waals surface area contributed by atoms with Gasteiger partial charge in [0.15, 0.2) is 11.4 Å². The van der Waals surface area contributed by atoms with Gasteiger partial charge >= 0.3 is 0 Å². The monoisotopic (exact) mass is 212 g/mol. The van der Waals surface area contributed by atoms with Crippen LogP contribution in [0, 0.1) is 12.3 Å². The van der Waals surface area contributed by atoms with Crippen molar-refractivity contribution in [3.8, 4) is 12.3 Å². The lowest BCUT2D eigenvalue weighted by Crippen LogP contribution is -2.39. The third-order valence-electron chi connectivity index (χ3n) is 2.90. The molecule has 4 heteroatoms. The van der Waals surface area contributed by atoms with Gasteiger partial charge in [-0.25, -0.2) is 0 Å². The van der Waals surface area contributed by atoms with E-state index in [0.717, 1.165) is 0 Å². The van der Waals surface area contributed by atoms with Crippen LogP contribution in [0.5, 0.6) is 0 Å². The van der Waals surface area contributed by atoms with Gasteiger partial charge in [0.1, 0.15) is 18.3 Å². The fraction of sp³-hybridized carbons (Fsp3) is 0.818. The van der Waals surface area contributed by atoms with Crippen LogP contribution in [0.2, 0.25) is 0 Å². The minimum absolute atomic E-state index is 0.113. The van der Waals surface area contributed by atoms with Crippen LogP contribution in [0.3, 0.4) is 0 Å². The molecule has 0 aromatic carbocycles. The van der Waals surface area contributed by atoms with Crippen molar-refractivity contribution < 1.29 is 19.3 Å². The number of fused-ring (bicyclic) bond motifs is 1. The molecule has 2 aliphatic rings. The van der Waals surface area contributed by atoms with Gasteiger partial charge in [0.25, 0.3) is 0 Å². The third-order valence-corrected chi connectivity index (χ3v) is 2.90. The summed E-state index contributed by atoms with van der Waals surface area (Å²) in [6.45, 7) is 5.33. The van der Waals surface area contributed by atoms with Crippen LogP contribution in [0.4, 0.5) is 0 Å². The molecule has 0 saturated carbocycles. The Balaban J connectivity index is 2.28. The molecule has 1 N–H and O–H groups in total. The molecule has 0 aliphatic carbocycles. The zero-order chi connectivity index (χ0) is 11.3. The quantitative estimate of drug-likeness (QED) is 0.635. The molecule has 2 fully saturated rings. The molecule has 15 heavy (non-hydrogen) atoms. The van der Waals surface area contributed by atoms with E-state index in [1.54, 1.807) is 6.92 Å². The maximum atomic E-state index is 9.18. The summed E-state index contributed by atoms with van der Waals surface area (Å²) in [6, 6.07) is 0. The first-order valence-electron chi connectivity index (χ1n) is 5.04. The Bertz CT molecular complexity index is 306. The van der Waals surface area contributed by atoms with Gasteiger partial charge in [-0.3, -0.25) is 0 Å². The number of hydrogen-bond acceptors (Lipinski definition) is 4. The topological polar surface area (TPSA) is 47.9 Å². The van der Waals surface area contributed by atoms with E-state index in [9.17, 15) is 5.11 Å². The van der Waals surface area contributed by atoms with Crippen LogP contribution in [-0.2, 0) is 14.2 Å². The van der Waals surface area contributed by atoms with Gasteiger partial charge in [0.05, 0.1) is 6.61 Å². The standard InChI is InChI=1S/C11H16O4/c1-5-11(4)9-8(7(6-12)13-11)14-10(2,3)15-9/h1,7-9,12H,6H2,2-4H3/t7-,8+,9?,11-/m1/s1. The first kappa shape index (κ1) is 10.9. The van der Waals surface area contributed by atoms with Gasteiger partial charge in [0.2, 0.25) is 0 Å². The Labute approximate surface area is 89.5 Å². The van der Waals surface area contributed by atoms with Gasteiger partial charge in [-0.05, 0) is 20.8 Å². The Morgan fingerprint density at radius 2 is 1.93 bits per heavy atom. The summed E-state index contributed by atoms with van der Waals surface area (Å²) >= 11 is 0. The van der Waals surface area contributed by atoms with Crippen LogP contribution < -0.4 is 0 Å². The van der Waals surface area contributed by atoms with E-state index in [4.69, 9.17) is 20.6 Å². The van der Waals surface area contributed by atoms with Crippen LogP contribution in [-0.4, -0.2) is 41.4 Å². The maximum absolute atomic E-state index is 9.18. The van der Waals surface area contributed by atoms with Crippen LogP contribution >= 0.6 is 0 Å². The molecule has 4 atom stereocenters. The number of terminal acetylenes is 1. The average molecular weight is 212 g/mol. The molecule has 0 aromatic heterocycles. The second kappa shape index (κ2) is 3.19. The van der Waals surface area contributed by atoms with Gasteiger partial charge in [0, 0.05) is 0 Å². The molecule has 1 unspecified atom stereocenters. The number of rotatable bonds is 1. The molecule has 0 radical (unpaired) electrons. The van der Waals surface area contributed by atoms with Crippen molar-refractivity contribution in [2.45, 2.75) is 50.5 Å². The first-order valence-corrected chi connectivity index (χ1v) is 5.04. The predicted molar refractivity (Wildman–Crippen MR) is 53.0 cm³/mol. The number of aliphatic hydroxyl groups excluding tert-OH is 1. The Morgan fingerprint density at radius 1 is 1.27 bits per heavy atom. The molecule has 0 amide bonds. The van der Waals surface area contributed by atoms with E-state index in [0.29, 0.717) is 0 Å². The smallest absolute Gasteiger partial charge is 0.164 e. The second-order valence-corrected chi connectivity index (χ2v) is 4.61. The molecule has 84 valence electrons. The zero-order valence-electron chi connectivity index (χ0n) is 9.19. The summed E-state index contributed by atoms with van der Waals surface area (Å²) in [5, 5.41) is 9.18. The van der Waals surface area contributed by atoms with Crippen molar-refractivity contribution in [1.82, 2.24) is 0 Å². The van der Waals surface area contributed by atoms with E-state index in [1.165, 1.54) is 0 Å². The third kappa shape index (κ3) is 1.56. The highest BCUT2D eigenvalue weighted by Gasteiger charge is 2.60. The lowest BCUT2D eigenvalue weighted by molar-refractivity contribution is -0.198. The fourth-order valence-corrected chi connectivity index (χ4v) is 2.19. The Hall–Kier alpha value is -0.600. The summed E-state index contributed by atoms with van der Waals surface area (Å²) in [6.07, 6.45) is 4.44. The number of ether oxygens (including phenoxy) is 3. The van der Waals surface area contributed by atoms with E-state index in [1.807, 2.05) is 13.8 Å². The summed E-state index contributed by atoms with van der Waals surface area (Å²) in [4.78, 5) is 0.